The molecular formula is C22H25N3O6. The molecule has 3 saturated heterocycles. The molecule has 31 heavy (non-hydrogen) atoms. The van der Waals surface area contributed by atoms with Crippen LogP contribution in [0.5, 0.6) is 0 Å². The first-order valence-corrected chi connectivity index (χ1v) is 10.9. The van der Waals surface area contributed by atoms with E-state index in [4.69, 9.17) is 9.68 Å². The van der Waals surface area contributed by atoms with Gasteiger partial charge in [-0.1, -0.05) is 43.2 Å². The molecule has 0 N–H and O–H groups in total. The summed E-state index contributed by atoms with van der Waals surface area (Å²) in [5.74, 6) is -2.38. The van der Waals surface area contributed by atoms with E-state index in [2.05, 4.69) is 0 Å². The molecule has 5 rings (SSSR count). The van der Waals surface area contributed by atoms with Gasteiger partial charge >= 0.3 is 12.0 Å². The summed E-state index contributed by atoms with van der Waals surface area (Å²) in [4.78, 5) is 63.3. The number of rotatable bonds is 5. The number of hydrogen-bond donors (Lipinski definition) is 0. The maximum atomic E-state index is 12.9. The Morgan fingerprint density at radius 2 is 1.61 bits per heavy atom. The Hall–Kier alpha value is -2.94. The number of urea groups is 1. The summed E-state index contributed by atoms with van der Waals surface area (Å²) in [6.07, 6.45) is 4.05. The predicted octanol–water partition coefficient (Wildman–Crippen LogP) is 2.02. The summed E-state index contributed by atoms with van der Waals surface area (Å²) in [6.45, 7) is 0.603. The van der Waals surface area contributed by atoms with Gasteiger partial charge in [0.05, 0.1) is 17.9 Å². The van der Waals surface area contributed by atoms with Crippen molar-refractivity contribution < 1.29 is 28.9 Å². The van der Waals surface area contributed by atoms with Crippen LogP contribution in [-0.4, -0.2) is 57.5 Å². The Labute approximate surface area is 179 Å². The fourth-order valence-corrected chi connectivity index (χ4v) is 5.13. The molecule has 0 radical (unpaired) electrons. The van der Waals surface area contributed by atoms with Crippen molar-refractivity contribution >= 4 is 23.8 Å². The van der Waals surface area contributed by atoms with Gasteiger partial charge in [0.25, 0.3) is 11.8 Å². The second-order valence-electron chi connectivity index (χ2n) is 8.65. The summed E-state index contributed by atoms with van der Waals surface area (Å²) >= 11 is 0. The monoisotopic (exact) mass is 427 g/mol. The molecule has 0 aromatic heterocycles. The van der Waals surface area contributed by atoms with Crippen LogP contribution in [0.15, 0.2) is 30.3 Å². The molecule has 0 unspecified atom stereocenters. The van der Waals surface area contributed by atoms with Crippen molar-refractivity contribution in [3.8, 4) is 0 Å². The van der Waals surface area contributed by atoms with Crippen molar-refractivity contribution in [2.45, 2.75) is 57.2 Å². The van der Waals surface area contributed by atoms with Crippen molar-refractivity contribution in [1.29, 1.82) is 0 Å². The zero-order valence-electron chi connectivity index (χ0n) is 17.1. The highest BCUT2D eigenvalue weighted by Crippen LogP contribution is 2.38. The predicted molar refractivity (Wildman–Crippen MR) is 105 cm³/mol. The van der Waals surface area contributed by atoms with Gasteiger partial charge in [-0.05, 0) is 31.2 Å². The van der Waals surface area contributed by atoms with Crippen LogP contribution in [0.1, 0.15) is 44.1 Å². The normalized spacial score (nSPS) is 30.1. The van der Waals surface area contributed by atoms with Crippen molar-refractivity contribution in [3.05, 3.63) is 35.9 Å². The number of imide groups is 1. The Kier molecular flexibility index (Phi) is 5.13. The molecule has 4 amide bonds. The minimum absolute atomic E-state index is 0.141. The number of carbonyl (C=O) groups excluding carboxylic acids is 4. The third-order valence-corrected chi connectivity index (χ3v) is 6.79. The van der Waals surface area contributed by atoms with Gasteiger partial charge < -0.3 is 9.74 Å². The minimum Gasteiger partial charge on any atom is -0.328 e. The molecule has 2 bridgehead atoms. The first-order valence-electron chi connectivity index (χ1n) is 10.9. The molecule has 1 saturated carbocycles. The summed E-state index contributed by atoms with van der Waals surface area (Å²) in [7, 11) is 0. The van der Waals surface area contributed by atoms with E-state index in [1.165, 1.54) is 9.96 Å². The number of amides is 4. The van der Waals surface area contributed by atoms with E-state index in [1.807, 2.05) is 30.3 Å². The third-order valence-electron chi connectivity index (χ3n) is 6.79. The van der Waals surface area contributed by atoms with Crippen LogP contribution in [-0.2, 0) is 30.7 Å². The van der Waals surface area contributed by atoms with E-state index in [0.29, 0.717) is 37.3 Å². The molecule has 4 atom stereocenters. The van der Waals surface area contributed by atoms with Crippen molar-refractivity contribution in [3.63, 3.8) is 0 Å². The average molecular weight is 427 g/mol. The number of hydroxylamine groups is 4. The Morgan fingerprint density at radius 3 is 2.29 bits per heavy atom. The lowest BCUT2D eigenvalue weighted by Crippen LogP contribution is -2.48. The number of benzene rings is 1. The van der Waals surface area contributed by atoms with E-state index >= 15 is 0 Å². The zero-order chi connectivity index (χ0) is 21.5. The average Bonchev–Trinajstić information content (AvgIpc) is 3.18. The first kappa shape index (κ1) is 20.0. The number of nitrogens with zero attached hydrogens (tertiary/aromatic N) is 3. The lowest BCUT2D eigenvalue weighted by atomic mass is 9.81. The van der Waals surface area contributed by atoms with Gasteiger partial charge in [0.1, 0.15) is 12.6 Å². The maximum absolute atomic E-state index is 12.9. The molecule has 3 aliphatic heterocycles. The van der Waals surface area contributed by atoms with E-state index < -0.39 is 29.9 Å². The SMILES string of the molecule is O=C(ON1C(=O)[C@H]2CCCC[C@H]2C1=O)[C@@H]1CC[C@@H]2CN1C(=O)N2OCc1ccccc1. The zero-order valence-corrected chi connectivity index (χ0v) is 17.1. The number of carbonyl (C=O) groups is 4. The fraction of sp³-hybridized carbons (Fsp3) is 0.545. The Bertz CT molecular complexity index is 882. The minimum atomic E-state index is -0.836. The molecule has 9 nitrogen and oxygen atoms in total. The lowest BCUT2D eigenvalue weighted by Gasteiger charge is -2.29. The van der Waals surface area contributed by atoms with Crippen LogP contribution < -0.4 is 0 Å². The second kappa shape index (κ2) is 7.96. The van der Waals surface area contributed by atoms with Gasteiger partial charge in [0.2, 0.25) is 0 Å². The van der Waals surface area contributed by atoms with Crippen molar-refractivity contribution in [2.75, 3.05) is 6.54 Å². The number of fused-ring (bicyclic) bond motifs is 3. The van der Waals surface area contributed by atoms with Crippen molar-refractivity contribution in [1.82, 2.24) is 15.0 Å². The maximum Gasteiger partial charge on any atom is 0.355 e. The molecule has 164 valence electrons. The van der Waals surface area contributed by atoms with Gasteiger partial charge in [0, 0.05) is 6.54 Å². The van der Waals surface area contributed by atoms with Crippen LogP contribution in [0.4, 0.5) is 4.79 Å². The van der Waals surface area contributed by atoms with Crippen LogP contribution >= 0.6 is 0 Å². The van der Waals surface area contributed by atoms with Gasteiger partial charge in [-0.3, -0.25) is 14.4 Å². The van der Waals surface area contributed by atoms with Gasteiger partial charge in [-0.15, -0.1) is 5.06 Å². The van der Waals surface area contributed by atoms with Crippen LogP contribution in [0.2, 0.25) is 0 Å². The molecule has 4 aliphatic rings. The van der Waals surface area contributed by atoms with Gasteiger partial charge in [-0.2, -0.15) is 5.06 Å². The highest BCUT2D eigenvalue weighted by molar-refractivity contribution is 6.05. The highest BCUT2D eigenvalue weighted by atomic mass is 16.7. The molecule has 1 aliphatic carbocycles. The van der Waals surface area contributed by atoms with E-state index in [-0.39, 0.29) is 24.5 Å². The van der Waals surface area contributed by atoms with E-state index in [9.17, 15) is 19.2 Å². The van der Waals surface area contributed by atoms with Gasteiger partial charge in [-0.25, -0.2) is 9.59 Å². The molecule has 1 aromatic carbocycles. The Balaban J connectivity index is 1.23. The fourth-order valence-electron chi connectivity index (χ4n) is 5.13. The number of hydrogen-bond acceptors (Lipinski definition) is 6. The topological polar surface area (TPSA) is 96.5 Å². The molecule has 0 spiro atoms. The molecule has 9 heteroatoms. The lowest BCUT2D eigenvalue weighted by molar-refractivity contribution is -0.202. The molecule has 4 fully saturated rings. The molecule has 3 heterocycles. The first-order chi connectivity index (χ1) is 15.0. The van der Waals surface area contributed by atoms with E-state index in [0.717, 1.165) is 18.4 Å². The number of piperidine rings is 1. The largest absolute Gasteiger partial charge is 0.355 e. The second-order valence-corrected chi connectivity index (χ2v) is 8.65. The quantitative estimate of drug-likeness (QED) is 0.667. The molecular weight excluding hydrogens is 402 g/mol. The highest BCUT2D eigenvalue weighted by Gasteiger charge is 2.53. The summed E-state index contributed by atoms with van der Waals surface area (Å²) in [5.41, 5.74) is 0.940. The van der Waals surface area contributed by atoms with Crippen molar-refractivity contribution in [2.24, 2.45) is 11.8 Å². The summed E-state index contributed by atoms with van der Waals surface area (Å²) in [5, 5.41) is 1.99. The molecule has 1 aromatic rings. The third kappa shape index (κ3) is 3.46. The van der Waals surface area contributed by atoms with Crippen LogP contribution in [0.25, 0.3) is 0 Å². The standard InChI is InChI=1S/C22H25N3O6/c26-19-16-8-4-5-9-17(16)20(27)25(19)31-21(28)18-11-10-15-12-23(18)22(29)24(15)30-13-14-6-2-1-3-7-14/h1-3,6-7,15-18H,4-5,8-13H2/t15-,16-,17+,18+/m1/s1. The van der Waals surface area contributed by atoms with E-state index in [1.54, 1.807) is 0 Å². The van der Waals surface area contributed by atoms with Gasteiger partial charge in [0.15, 0.2) is 0 Å². The van der Waals surface area contributed by atoms with Crippen LogP contribution in [0.3, 0.4) is 0 Å². The smallest absolute Gasteiger partial charge is 0.328 e. The Morgan fingerprint density at radius 1 is 0.935 bits per heavy atom. The summed E-state index contributed by atoms with van der Waals surface area (Å²) < 4.78 is 0. The summed E-state index contributed by atoms with van der Waals surface area (Å²) in [6, 6.07) is 8.15. The van der Waals surface area contributed by atoms with Crippen LogP contribution in [0, 0.1) is 11.8 Å².